The zero-order valence-corrected chi connectivity index (χ0v) is 13.4. The smallest absolute Gasteiger partial charge is 0.468 e. The van der Waals surface area contributed by atoms with Crippen molar-refractivity contribution in [1.29, 1.82) is 0 Å². The average molecular weight is 355 g/mol. The van der Waals surface area contributed by atoms with Gasteiger partial charge in [0.15, 0.2) is 0 Å². The van der Waals surface area contributed by atoms with E-state index < -0.39 is 34.1 Å². The standard InChI is InChI=1S/C13H16F3NO5S/c1-8(2)11(12(18)21-3)17-23(19,20)10-6-4-9(5-7-10)22-13(14,15)16/h4-8,11,17H,1-3H3/t11-/m1/s1. The maximum Gasteiger partial charge on any atom is 0.573 e. The molecule has 23 heavy (non-hydrogen) atoms. The summed E-state index contributed by atoms with van der Waals surface area (Å²) in [5.74, 6) is -1.70. The van der Waals surface area contributed by atoms with Gasteiger partial charge in [-0.05, 0) is 30.2 Å². The summed E-state index contributed by atoms with van der Waals surface area (Å²) >= 11 is 0. The first kappa shape index (κ1) is 19.2. The van der Waals surface area contributed by atoms with E-state index in [0.717, 1.165) is 31.4 Å². The molecule has 0 saturated heterocycles. The Hall–Kier alpha value is -1.81. The van der Waals surface area contributed by atoms with Crippen LogP contribution in [0.3, 0.4) is 0 Å². The number of halogens is 3. The Balaban J connectivity index is 2.97. The summed E-state index contributed by atoms with van der Waals surface area (Å²) in [4.78, 5) is 11.3. The van der Waals surface area contributed by atoms with Gasteiger partial charge in [-0.2, -0.15) is 4.72 Å². The molecule has 0 amide bonds. The summed E-state index contributed by atoms with van der Waals surface area (Å²) in [7, 11) is -2.99. The lowest BCUT2D eigenvalue weighted by Crippen LogP contribution is -2.44. The topological polar surface area (TPSA) is 81.7 Å². The van der Waals surface area contributed by atoms with Crippen molar-refractivity contribution in [2.24, 2.45) is 5.92 Å². The van der Waals surface area contributed by atoms with Crippen LogP contribution in [0.1, 0.15) is 13.8 Å². The lowest BCUT2D eigenvalue weighted by Gasteiger charge is -2.19. The number of carbonyl (C=O) groups is 1. The van der Waals surface area contributed by atoms with Gasteiger partial charge in [-0.15, -0.1) is 13.2 Å². The van der Waals surface area contributed by atoms with Gasteiger partial charge in [0.25, 0.3) is 0 Å². The molecule has 0 aliphatic carbocycles. The molecular formula is C13H16F3NO5S. The predicted octanol–water partition coefficient (Wildman–Crippen LogP) is 2.06. The molecule has 0 aromatic heterocycles. The van der Waals surface area contributed by atoms with Crippen LogP contribution in [0.4, 0.5) is 13.2 Å². The Morgan fingerprint density at radius 1 is 1.17 bits per heavy atom. The second kappa shape index (κ2) is 7.18. The average Bonchev–Trinajstić information content (AvgIpc) is 2.42. The highest BCUT2D eigenvalue weighted by Gasteiger charge is 2.32. The summed E-state index contributed by atoms with van der Waals surface area (Å²) in [6, 6.07) is 2.50. The highest BCUT2D eigenvalue weighted by Crippen LogP contribution is 2.24. The number of esters is 1. The van der Waals surface area contributed by atoms with E-state index in [-0.39, 0.29) is 10.8 Å². The second-order valence-corrected chi connectivity index (χ2v) is 6.60. The summed E-state index contributed by atoms with van der Waals surface area (Å²) < 4.78 is 70.9. The molecule has 0 bridgehead atoms. The van der Waals surface area contributed by atoms with Crippen LogP contribution in [0.5, 0.6) is 5.75 Å². The summed E-state index contributed by atoms with van der Waals surface area (Å²) in [5, 5.41) is 0. The Morgan fingerprint density at radius 2 is 1.70 bits per heavy atom. The number of hydrogen-bond donors (Lipinski definition) is 1. The molecule has 0 spiro atoms. The third-order valence-electron chi connectivity index (χ3n) is 2.77. The fourth-order valence-electron chi connectivity index (χ4n) is 1.64. The molecule has 1 aromatic rings. The van der Waals surface area contributed by atoms with Gasteiger partial charge in [0.2, 0.25) is 10.0 Å². The highest BCUT2D eigenvalue weighted by molar-refractivity contribution is 7.89. The van der Waals surface area contributed by atoms with Crippen LogP contribution in [0.15, 0.2) is 29.2 Å². The van der Waals surface area contributed by atoms with E-state index in [1.165, 1.54) is 0 Å². The lowest BCUT2D eigenvalue weighted by atomic mass is 10.1. The van der Waals surface area contributed by atoms with E-state index in [1.807, 2.05) is 0 Å². The molecule has 130 valence electrons. The van der Waals surface area contributed by atoms with Crippen molar-refractivity contribution < 1.29 is 35.9 Å². The van der Waals surface area contributed by atoms with Crippen molar-refractivity contribution in [3.8, 4) is 5.75 Å². The Morgan fingerprint density at radius 3 is 2.09 bits per heavy atom. The van der Waals surface area contributed by atoms with Crippen LogP contribution in [-0.2, 0) is 19.6 Å². The molecule has 0 aliphatic heterocycles. The van der Waals surface area contributed by atoms with E-state index >= 15 is 0 Å². The van der Waals surface area contributed by atoms with Crippen molar-refractivity contribution in [2.45, 2.75) is 31.1 Å². The predicted molar refractivity (Wildman–Crippen MR) is 74.1 cm³/mol. The fourth-order valence-corrected chi connectivity index (χ4v) is 2.97. The van der Waals surface area contributed by atoms with Crippen LogP contribution in [0.2, 0.25) is 0 Å². The first-order chi connectivity index (χ1) is 10.5. The maximum absolute atomic E-state index is 12.2. The first-order valence-electron chi connectivity index (χ1n) is 6.42. The molecule has 0 fully saturated rings. The third-order valence-corrected chi connectivity index (χ3v) is 4.23. The van der Waals surface area contributed by atoms with Gasteiger partial charge >= 0.3 is 12.3 Å². The van der Waals surface area contributed by atoms with Crippen LogP contribution in [0, 0.1) is 5.92 Å². The number of benzene rings is 1. The van der Waals surface area contributed by atoms with Gasteiger partial charge in [-0.25, -0.2) is 8.42 Å². The van der Waals surface area contributed by atoms with Crippen molar-refractivity contribution in [3.05, 3.63) is 24.3 Å². The van der Waals surface area contributed by atoms with Crippen molar-refractivity contribution >= 4 is 16.0 Å². The van der Waals surface area contributed by atoms with E-state index in [4.69, 9.17) is 0 Å². The van der Waals surface area contributed by atoms with E-state index in [9.17, 15) is 26.4 Å². The first-order valence-corrected chi connectivity index (χ1v) is 7.90. The number of alkyl halides is 3. The van der Waals surface area contributed by atoms with Crippen LogP contribution < -0.4 is 9.46 Å². The normalized spacial score (nSPS) is 13.7. The number of methoxy groups -OCH3 is 1. The SMILES string of the molecule is COC(=O)[C@H](NS(=O)(=O)c1ccc(OC(F)(F)F)cc1)C(C)C. The number of hydrogen-bond acceptors (Lipinski definition) is 5. The molecule has 0 saturated carbocycles. The number of ether oxygens (including phenoxy) is 2. The quantitative estimate of drug-likeness (QED) is 0.790. The molecule has 1 aromatic carbocycles. The van der Waals surface area contributed by atoms with Crippen molar-refractivity contribution in [1.82, 2.24) is 4.72 Å². The zero-order valence-electron chi connectivity index (χ0n) is 12.5. The molecule has 10 heteroatoms. The third kappa shape index (κ3) is 5.71. The highest BCUT2D eigenvalue weighted by atomic mass is 32.2. The van der Waals surface area contributed by atoms with Crippen LogP contribution in [-0.4, -0.2) is 33.9 Å². The Kier molecular flexibility index (Phi) is 6.00. The van der Waals surface area contributed by atoms with Gasteiger partial charge < -0.3 is 9.47 Å². The summed E-state index contributed by atoms with van der Waals surface area (Å²) in [5.41, 5.74) is 0. The molecular weight excluding hydrogens is 339 g/mol. The molecule has 1 N–H and O–H groups in total. The van der Waals surface area contributed by atoms with Crippen LogP contribution in [0.25, 0.3) is 0 Å². The molecule has 1 atom stereocenters. The van der Waals surface area contributed by atoms with Gasteiger partial charge in [0.1, 0.15) is 11.8 Å². The number of sulfonamides is 1. The van der Waals surface area contributed by atoms with Crippen molar-refractivity contribution in [2.75, 3.05) is 7.11 Å². The van der Waals surface area contributed by atoms with E-state index in [0.29, 0.717) is 0 Å². The lowest BCUT2D eigenvalue weighted by molar-refractivity contribution is -0.274. The second-order valence-electron chi connectivity index (χ2n) is 4.89. The summed E-state index contributed by atoms with van der Waals surface area (Å²) in [6.07, 6.45) is -4.87. The molecule has 0 aliphatic rings. The maximum atomic E-state index is 12.2. The van der Waals surface area contributed by atoms with Gasteiger partial charge in [0, 0.05) is 0 Å². The number of carbonyl (C=O) groups excluding carboxylic acids is 1. The van der Waals surface area contributed by atoms with E-state index in [1.54, 1.807) is 13.8 Å². The Labute approximate surface area is 131 Å². The molecule has 6 nitrogen and oxygen atoms in total. The van der Waals surface area contributed by atoms with Gasteiger partial charge in [-0.3, -0.25) is 4.79 Å². The minimum absolute atomic E-state index is 0.304. The van der Waals surface area contributed by atoms with Crippen molar-refractivity contribution in [3.63, 3.8) is 0 Å². The van der Waals surface area contributed by atoms with Gasteiger partial charge in [-0.1, -0.05) is 13.8 Å². The Bertz CT molecular complexity index is 641. The van der Waals surface area contributed by atoms with E-state index in [2.05, 4.69) is 14.2 Å². The minimum atomic E-state index is -4.87. The molecule has 0 radical (unpaired) electrons. The largest absolute Gasteiger partial charge is 0.573 e. The minimum Gasteiger partial charge on any atom is -0.468 e. The van der Waals surface area contributed by atoms with Crippen LogP contribution >= 0.6 is 0 Å². The molecule has 0 unspecified atom stereocenters. The fraction of sp³-hybridized carbons (Fsp3) is 0.462. The number of nitrogens with one attached hydrogen (secondary N) is 1. The number of rotatable bonds is 6. The summed E-state index contributed by atoms with van der Waals surface area (Å²) in [6.45, 7) is 3.23. The zero-order chi connectivity index (χ0) is 17.8. The van der Waals surface area contributed by atoms with Gasteiger partial charge in [0.05, 0.1) is 12.0 Å². The monoisotopic (exact) mass is 355 g/mol. The molecule has 0 heterocycles. The molecule has 1 rings (SSSR count).